The normalized spacial score (nSPS) is 10.4. The van der Waals surface area contributed by atoms with Gasteiger partial charge in [-0.3, -0.25) is 14.5 Å². The fourth-order valence-electron chi connectivity index (χ4n) is 1.85. The van der Waals surface area contributed by atoms with Crippen molar-refractivity contribution in [1.29, 1.82) is 5.26 Å². The van der Waals surface area contributed by atoms with Crippen molar-refractivity contribution in [2.75, 3.05) is 5.32 Å². The first-order valence-corrected chi connectivity index (χ1v) is 5.71. The second-order valence-corrected chi connectivity index (χ2v) is 4.06. The lowest BCUT2D eigenvalue weighted by molar-refractivity contribution is 0.102. The topological polar surface area (TPSA) is 101 Å². The molecule has 3 rings (SSSR count). The Morgan fingerprint density at radius 3 is 3.00 bits per heavy atom. The molecule has 0 fully saturated rings. The van der Waals surface area contributed by atoms with Crippen molar-refractivity contribution in [3.8, 4) is 6.07 Å². The van der Waals surface area contributed by atoms with Crippen molar-refractivity contribution in [2.24, 2.45) is 7.05 Å². The van der Waals surface area contributed by atoms with E-state index in [0.29, 0.717) is 22.5 Å². The van der Waals surface area contributed by atoms with Crippen LogP contribution in [0.15, 0.2) is 31.0 Å². The average molecular weight is 267 g/mol. The van der Waals surface area contributed by atoms with E-state index in [1.165, 1.54) is 17.1 Å². The van der Waals surface area contributed by atoms with Gasteiger partial charge >= 0.3 is 0 Å². The minimum Gasteiger partial charge on any atom is -0.306 e. The highest BCUT2D eigenvalue weighted by Crippen LogP contribution is 2.16. The number of anilines is 1. The summed E-state index contributed by atoms with van der Waals surface area (Å²) in [4.78, 5) is 16.2. The fourth-order valence-corrected chi connectivity index (χ4v) is 1.85. The first-order chi connectivity index (χ1) is 9.70. The summed E-state index contributed by atoms with van der Waals surface area (Å²) in [5.41, 5.74) is 1.27. The van der Waals surface area contributed by atoms with Crippen molar-refractivity contribution in [3.63, 3.8) is 0 Å². The second kappa shape index (κ2) is 4.47. The highest BCUT2D eigenvalue weighted by molar-refractivity contribution is 6.08. The van der Waals surface area contributed by atoms with E-state index in [2.05, 4.69) is 20.5 Å². The largest absolute Gasteiger partial charge is 0.306 e. The van der Waals surface area contributed by atoms with Gasteiger partial charge in [-0.1, -0.05) is 0 Å². The van der Waals surface area contributed by atoms with Gasteiger partial charge in [0.15, 0.2) is 0 Å². The Labute approximate surface area is 113 Å². The third kappa shape index (κ3) is 1.78. The smallest absolute Gasteiger partial charge is 0.260 e. The molecule has 0 saturated heterocycles. The van der Waals surface area contributed by atoms with Crippen LogP contribution in [0.3, 0.4) is 0 Å². The summed E-state index contributed by atoms with van der Waals surface area (Å²) in [5, 5.41) is 19.6. The van der Waals surface area contributed by atoms with Gasteiger partial charge < -0.3 is 5.32 Å². The molecule has 0 aromatic carbocycles. The lowest BCUT2D eigenvalue weighted by atomic mass is 10.2. The van der Waals surface area contributed by atoms with E-state index in [0.717, 1.165) is 0 Å². The molecule has 1 amide bonds. The summed E-state index contributed by atoms with van der Waals surface area (Å²) >= 11 is 0. The van der Waals surface area contributed by atoms with E-state index in [1.807, 2.05) is 6.07 Å². The molecule has 3 heterocycles. The lowest BCUT2D eigenvalue weighted by Crippen LogP contribution is -2.15. The van der Waals surface area contributed by atoms with E-state index in [4.69, 9.17) is 5.26 Å². The van der Waals surface area contributed by atoms with Crippen LogP contribution < -0.4 is 5.32 Å². The molecule has 0 aliphatic rings. The van der Waals surface area contributed by atoms with Gasteiger partial charge in [0.05, 0.1) is 29.7 Å². The molecule has 3 aromatic rings. The summed E-state index contributed by atoms with van der Waals surface area (Å²) in [6, 6.07) is 1.97. The third-order valence-corrected chi connectivity index (χ3v) is 2.86. The number of nitrogens with one attached hydrogen (secondary N) is 1. The van der Waals surface area contributed by atoms with Crippen LogP contribution in [-0.4, -0.2) is 30.3 Å². The first-order valence-electron chi connectivity index (χ1n) is 5.71. The minimum absolute atomic E-state index is 0.301. The lowest BCUT2D eigenvalue weighted by Gasteiger charge is -2.04. The number of fused-ring (bicyclic) bond motifs is 1. The molecule has 1 N–H and O–H groups in total. The van der Waals surface area contributed by atoms with Crippen LogP contribution in [-0.2, 0) is 7.05 Å². The van der Waals surface area contributed by atoms with Gasteiger partial charge in [-0.15, -0.1) is 0 Å². The number of hydrogen-bond acceptors (Lipinski definition) is 5. The van der Waals surface area contributed by atoms with Crippen LogP contribution in [0.4, 0.5) is 5.82 Å². The number of aromatic nitrogens is 5. The van der Waals surface area contributed by atoms with Crippen LogP contribution in [0.25, 0.3) is 5.52 Å². The molecular formula is C12H9N7O. The van der Waals surface area contributed by atoms with Gasteiger partial charge in [0.1, 0.15) is 17.5 Å². The van der Waals surface area contributed by atoms with Crippen molar-refractivity contribution in [3.05, 3.63) is 42.1 Å². The Morgan fingerprint density at radius 2 is 2.20 bits per heavy atom. The minimum atomic E-state index is -0.367. The number of nitrogens with zero attached hydrogens (tertiary/aromatic N) is 6. The van der Waals surface area contributed by atoms with E-state index in [-0.39, 0.29) is 5.91 Å². The summed E-state index contributed by atoms with van der Waals surface area (Å²) in [6.45, 7) is 0. The van der Waals surface area contributed by atoms with Gasteiger partial charge in [-0.25, -0.2) is 4.52 Å². The molecule has 0 saturated carbocycles. The van der Waals surface area contributed by atoms with Crippen LogP contribution in [0, 0.1) is 11.3 Å². The Bertz CT molecular complexity index is 839. The molecule has 0 spiro atoms. The number of amides is 1. The van der Waals surface area contributed by atoms with Gasteiger partial charge in [-0.05, 0) is 0 Å². The van der Waals surface area contributed by atoms with Crippen LogP contribution >= 0.6 is 0 Å². The van der Waals surface area contributed by atoms with Crippen molar-refractivity contribution >= 4 is 17.2 Å². The maximum absolute atomic E-state index is 12.3. The molecule has 0 radical (unpaired) electrons. The van der Waals surface area contributed by atoms with E-state index in [1.54, 1.807) is 30.2 Å². The Hall–Kier alpha value is -3.21. The third-order valence-electron chi connectivity index (χ3n) is 2.86. The molecule has 20 heavy (non-hydrogen) atoms. The number of aryl methyl sites for hydroxylation is 1. The Balaban J connectivity index is 1.98. The summed E-state index contributed by atoms with van der Waals surface area (Å²) in [6.07, 6.45) is 7.63. The number of rotatable bonds is 2. The predicted octanol–water partition coefficient (Wildman–Crippen LogP) is 0.587. The molecule has 0 aliphatic carbocycles. The van der Waals surface area contributed by atoms with E-state index in [9.17, 15) is 4.79 Å². The molecule has 98 valence electrons. The van der Waals surface area contributed by atoms with Crippen LogP contribution in [0.2, 0.25) is 0 Å². The SMILES string of the molecule is Cn1ncc(C#N)c1NC(=O)c1cnn2ccncc12. The Kier molecular flexibility index (Phi) is 2.65. The zero-order valence-electron chi connectivity index (χ0n) is 10.5. The zero-order chi connectivity index (χ0) is 14.1. The number of carbonyl (C=O) groups is 1. The molecule has 0 atom stereocenters. The molecule has 0 unspecified atom stereocenters. The number of hydrogen-bond donors (Lipinski definition) is 1. The highest BCUT2D eigenvalue weighted by Gasteiger charge is 2.16. The van der Waals surface area contributed by atoms with Crippen molar-refractivity contribution in [2.45, 2.75) is 0 Å². The van der Waals surface area contributed by atoms with Crippen LogP contribution in [0.5, 0.6) is 0 Å². The predicted molar refractivity (Wildman–Crippen MR) is 68.9 cm³/mol. The standard InChI is InChI=1S/C12H9N7O/c1-18-11(8(4-13)5-15-18)17-12(20)9-6-16-19-3-2-14-7-10(9)19/h2-3,5-7H,1H3,(H,17,20). The molecular weight excluding hydrogens is 258 g/mol. The molecule has 0 bridgehead atoms. The summed E-state index contributed by atoms with van der Waals surface area (Å²) in [5.74, 6) is -0.0196. The van der Waals surface area contributed by atoms with Gasteiger partial charge in [0.2, 0.25) is 0 Å². The average Bonchev–Trinajstić information content (AvgIpc) is 3.03. The van der Waals surface area contributed by atoms with Crippen molar-refractivity contribution < 1.29 is 4.79 Å². The summed E-state index contributed by atoms with van der Waals surface area (Å²) < 4.78 is 2.98. The highest BCUT2D eigenvalue weighted by atomic mass is 16.1. The van der Waals surface area contributed by atoms with E-state index < -0.39 is 0 Å². The van der Waals surface area contributed by atoms with Gasteiger partial charge in [-0.2, -0.15) is 15.5 Å². The number of carbonyl (C=O) groups excluding carboxylic acids is 1. The second-order valence-electron chi connectivity index (χ2n) is 4.06. The van der Waals surface area contributed by atoms with Crippen molar-refractivity contribution in [1.82, 2.24) is 24.4 Å². The quantitative estimate of drug-likeness (QED) is 0.732. The number of nitriles is 1. The first kappa shape index (κ1) is 11.9. The molecule has 3 aromatic heterocycles. The fraction of sp³-hybridized carbons (Fsp3) is 0.0833. The van der Waals surface area contributed by atoms with Crippen LogP contribution in [0.1, 0.15) is 15.9 Å². The maximum Gasteiger partial charge on any atom is 0.260 e. The van der Waals surface area contributed by atoms with E-state index >= 15 is 0 Å². The van der Waals surface area contributed by atoms with Gasteiger partial charge in [0.25, 0.3) is 5.91 Å². The molecule has 8 nitrogen and oxygen atoms in total. The molecule has 0 aliphatic heterocycles. The molecule has 8 heteroatoms. The Morgan fingerprint density at radius 1 is 1.35 bits per heavy atom. The van der Waals surface area contributed by atoms with Gasteiger partial charge in [0, 0.05) is 19.4 Å². The maximum atomic E-state index is 12.3. The zero-order valence-corrected chi connectivity index (χ0v) is 10.5. The summed E-state index contributed by atoms with van der Waals surface area (Å²) in [7, 11) is 1.65. The monoisotopic (exact) mass is 267 g/mol.